The van der Waals surface area contributed by atoms with Crippen LogP contribution in [0, 0.1) is 0 Å². The first-order chi connectivity index (χ1) is 14.6. The fourth-order valence-corrected chi connectivity index (χ4v) is 4.32. The smallest absolute Gasteiger partial charge is 0.267 e. The second-order valence-corrected chi connectivity index (χ2v) is 8.45. The minimum absolute atomic E-state index is 0.154. The average molecular weight is 447 g/mol. The van der Waals surface area contributed by atoms with Gasteiger partial charge in [0.25, 0.3) is 11.5 Å². The summed E-state index contributed by atoms with van der Waals surface area (Å²) in [5, 5.41) is 3.23. The summed E-state index contributed by atoms with van der Waals surface area (Å²) in [6, 6.07) is 5.39. The van der Waals surface area contributed by atoms with Crippen molar-refractivity contribution < 1.29 is 9.53 Å². The number of thioether (sulfide) groups is 1. The Balaban J connectivity index is 1.95. The number of nitrogens with one attached hydrogen (secondary N) is 1. The highest BCUT2D eigenvalue weighted by atomic mass is 32.2. The monoisotopic (exact) mass is 446 g/mol. The Morgan fingerprint density at radius 1 is 1.27 bits per heavy atom. The lowest BCUT2D eigenvalue weighted by molar-refractivity contribution is -0.122. The topological polar surface area (TPSA) is 75.9 Å². The van der Waals surface area contributed by atoms with E-state index in [2.05, 4.69) is 17.2 Å². The molecule has 0 aromatic carbocycles. The lowest BCUT2D eigenvalue weighted by atomic mass is 10.2. The van der Waals surface area contributed by atoms with Crippen molar-refractivity contribution in [1.82, 2.24) is 14.3 Å². The van der Waals surface area contributed by atoms with Crippen molar-refractivity contribution in [1.29, 1.82) is 0 Å². The van der Waals surface area contributed by atoms with Crippen LogP contribution in [0.4, 0.5) is 5.82 Å². The molecule has 9 heteroatoms. The van der Waals surface area contributed by atoms with E-state index in [9.17, 15) is 9.59 Å². The molecule has 2 aromatic heterocycles. The number of thiocarbonyl (C=S) groups is 1. The van der Waals surface area contributed by atoms with Gasteiger partial charge in [0.05, 0.1) is 10.5 Å². The van der Waals surface area contributed by atoms with Crippen LogP contribution < -0.4 is 10.9 Å². The fourth-order valence-electron chi connectivity index (χ4n) is 3.03. The Morgan fingerprint density at radius 2 is 2.10 bits per heavy atom. The number of rotatable bonds is 10. The van der Waals surface area contributed by atoms with Crippen LogP contribution in [0.1, 0.15) is 38.7 Å². The molecule has 160 valence electrons. The summed E-state index contributed by atoms with van der Waals surface area (Å²) in [5.41, 5.74) is 0.667. The molecular weight excluding hydrogens is 420 g/mol. The van der Waals surface area contributed by atoms with E-state index in [-0.39, 0.29) is 11.5 Å². The summed E-state index contributed by atoms with van der Waals surface area (Å²) < 4.78 is 7.38. The molecule has 1 amide bonds. The molecule has 0 unspecified atom stereocenters. The van der Waals surface area contributed by atoms with Gasteiger partial charge in [-0.3, -0.25) is 18.9 Å². The quantitative estimate of drug-likeness (QED) is 0.340. The van der Waals surface area contributed by atoms with Crippen LogP contribution in [-0.2, 0) is 9.53 Å². The Labute approximate surface area is 185 Å². The number of hydrogen-bond donors (Lipinski definition) is 1. The van der Waals surface area contributed by atoms with Gasteiger partial charge in [-0.05, 0) is 38.0 Å². The third kappa shape index (κ3) is 5.08. The van der Waals surface area contributed by atoms with Crippen LogP contribution in [0.3, 0.4) is 0 Å². The number of carbonyl (C=O) groups excluding carboxylic acids is 1. The first kappa shape index (κ1) is 22.5. The molecule has 1 saturated heterocycles. The molecule has 1 aliphatic rings. The average Bonchev–Trinajstić information content (AvgIpc) is 3.01. The summed E-state index contributed by atoms with van der Waals surface area (Å²) >= 11 is 6.61. The number of amides is 1. The van der Waals surface area contributed by atoms with Crippen LogP contribution in [-0.4, -0.2) is 50.8 Å². The number of pyridine rings is 1. The van der Waals surface area contributed by atoms with Crippen molar-refractivity contribution in [2.75, 3.05) is 31.6 Å². The van der Waals surface area contributed by atoms with Gasteiger partial charge < -0.3 is 10.1 Å². The van der Waals surface area contributed by atoms with E-state index in [0.29, 0.717) is 52.6 Å². The van der Waals surface area contributed by atoms with E-state index >= 15 is 0 Å². The van der Waals surface area contributed by atoms with Crippen LogP contribution >= 0.6 is 24.0 Å². The van der Waals surface area contributed by atoms with Crippen molar-refractivity contribution in [3.05, 3.63) is 45.2 Å². The number of carbonyl (C=O) groups is 1. The molecule has 0 spiro atoms. The molecular formula is C21H26N4O3S2. The van der Waals surface area contributed by atoms with Crippen LogP contribution in [0.2, 0.25) is 0 Å². The molecule has 3 rings (SSSR count). The van der Waals surface area contributed by atoms with Gasteiger partial charge in [0.15, 0.2) is 0 Å². The van der Waals surface area contributed by atoms with Gasteiger partial charge in [-0.2, -0.15) is 0 Å². The molecule has 1 fully saturated rings. The predicted octanol–water partition coefficient (Wildman–Crippen LogP) is 3.53. The highest BCUT2D eigenvalue weighted by Gasteiger charge is 2.32. The van der Waals surface area contributed by atoms with E-state index < -0.39 is 0 Å². The number of ether oxygens (including phenoxy) is 1. The van der Waals surface area contributed by atoms with Crippen molar-refractivity contribution in [3.8, 4) is 0 Å². The van der Waals surface area contributed by atoms with E-state index in [4.69, 9.17) is 17.0 Å². The molecule has 3 heterocycles. The lowest BCUT2D eigenvalue weighted by Gasteiger charge is -2.13. The molecule has 2 aromatic rings. The second kappa shape index (κ2) is 10.7. The van der Waals surface area contributed by atoms with Crippen molar-refractivity contribution in [3.63, 3.8) is 0 Å². The standard InChI is InChI=1S/C21H26N4O3S2/c1-3-5-11-25-20(27)16(30-21(25)29)14-15-18(22-10-8-13-28-4-2)23-17-9-6-7-12-24(17)19(15)26/h6-7,9,12,14,22H,3-5,8,10-11,13H2,1-2H3. The fraction of sp³-hybridized carbons (Fsp3) is 0.429. The first-order valence-electron chi connectivity index (χ1n) is 10.1. The molecule has 1 aliphatic heterocycles. The normalized spacial score (nSPS) is 15.5. The van der Waals surface area contributed by atoms with Gasteiger partial charge in [-0.1, -0.05) is 43.4 Å². The number of anilines is 1. The van der Waals surface area contributed by atoms with E-state index in [0.717, 1.165) is 19.3 Å². The summed E-state index contributed by atoms with van der Waals surface area (Å²) in [5.74, 6) is 0.305. The van der Waals surface area contributed by atoms with E-state index in [1.807, 2.05) is 13.0 Å². The zero-order valence-corrected chi connectivity index (χ0v) is 18.9. The molecule has 0 saturated carbocycles. The zero-order valence-electron chi connectivity index (χ0n) is 17.2. The van der Waals surface area contributed by atoms with Crippen molar-refractivity contribution >= 4 is 51.7 Å². The van der Waals surface area contributed by atoms with E-state index in [1.54, 1.807) is 29.3 Å². The number of hydrogen-bond acceptors (Lipinski definition) is 7. The van der Waals surface area contributed by atoms with Gasteiger partial charge >= 0.3 is 0 Å². The van der Waals surface area contributed by atoms with Gasteiger partial charge in [0, 0.05) is 32.5 Å². The number of fused-ring (bicyclic) bond motifs is 1. The first-order valence-corrected chi connectivity index (χ1v) is 11.4. The minimum atomic E-state index is -0.230. The lowest BCUT2D eigenvalue weighted by Crippen LogP contribution is -2.29. The Bertz CT molecular complexity index is 1020. The number of aromatic nitrogens is 2. The third-order valence-corrected chi connectivity index (χ3v) is 5.99. The molecule has 0 atom stereocenters. The van der Waals surface area contributed by atoms with Crippen molar-refractivity contribution in [2.45, 2.75) is 33.1 Å². The highest BCUT2D eigenvalue weighted by Crippen LogP contribution is 2.33. The Kier molecular flexibility index (Phi) is 8.01. The minimum Gasteiger partial charge on any atom is -0.382 e. The van der Waals surface area contributed by atoms with Crippen LogP contribution in [0.25, 0.3) is 11.7 Å². The maximum atomic E-state index is 13.2. The SMILES string of the molecule is CCCCN1C(=O)C(=Cc2c(NCCCOCC)nc3ccccn3c2=O)SC1=S. The molecule has 7 nitrogen and oxygen atoms in total. The molecule has 0 radical (unpaired) electrons. The van der Waals surface area contributed by atoms with Crippen molar-refractivity contribution in [2.24, 2.45) is 0 Å². The molecule has 0 aliphatic carbocycles. The summed E-state index contributed by atoms with van der Waals surface area (Å²) in [4.78, 5) is 32.7. The highest BCUT2D eigenvalue weighted by molar-refractivity contribution is 8.26. The summed E-state index contributed by atoms with van der Waals surface area (Å²) in [6.07, 6.45) is 5.93. The molecule has 1 N–H and O–H groups in total. The maximum Gasteiger partial charge on any atom is 0.267 e. The van der Waals surface area contributed by atoms with Crippen LogP contribution in [0.15, 0.2) is 34.1 Å². The summed E-state index contributed by atoms with van der Waals surface area (Å²) in [7, 11) is 0. The molecule has 0 bridgehead atoms. The van der Waals surface area contributed by atoms with Gasteiger partial charge in [0.2, 0.25) is 0 Å². The summed E-state index contributed by atoms with van der Waals surface area (Å²) in [6.45, 7) is 6.51. The van der Waals surface area contributed by atoms with Gasteiger partial charge in [-0.15, -0.1) is 0 Å². The van der Waals surface area contributed by atoms with E-state index in [1.165, 1.54) is 16.2 Å². The second-order valence-electron chi connectivity index (χ2n) is 6.77. The predicted molar refractivity (Wildman–Crippen MR) is 126 cm³/mol. The Hall–Kier alpha value is -2.23. The van der Waals surface area contributed by atoms with Gasteiger partial charge in [0.1, 0.15) is 15.8 Å². The molecule has 30 heavy (non-hydrogen) atoms. The Morgan fingerprint density at radius 3 is 2.87 bits per heavy atom. The number of nitrogens with zero attached hydrogens (tertiary/aromatic N) is 3. The number of unbranched alkanes of at least 4 members (excludes halogenated alkanes) is 1. The zero-order chi connectivity index (χ0) is 21.5. The van der Waals surface area contributed by atoms with Crippen LogP contribution in [0.5, 0.6) is 0 Å². The third-order valence-electron chi connectivity index (χ3n) is 4.62. The largest absolute Gasteiger partial charge is 0.382 e. The van der Waals surface area contributed by atoms with Gasteiger partial charge in [-0.25, -0.2) is 4.98 Å². The maximum absolute atomic E-state index is 13.2.